The van der Waals surface area contributed by atoms with Crippen LogP contribution in [0.15, 0.2) is 303 Å². The van der Waals surface area contributed by atoms with E-state index in [1.54, 1.807) is 194 Å². The molecule has 0 N–H and O–H groups in total. The molecule has 14 aromatic rings. The van der Waals surface area contributed by atoms with E-state index in [1.807, 2.05) is 109 Å². The van der Waals surface area contributed by atoms with Crippen molar-refractivity contribution in [1.82, 2.24) is 0 Å². The first-order chi connectivity index (χ1) is 45.1. The van der Waals surface area contributed by atoms with Crippen LogP contribution in [0.1, 0.15) is 0 Å². The molecule has 8 heteroatoms. The molecule has 0 heterocycles. The second-order valence-electron chi connectivity index (χ2n) is 22.2. The van der Waals surface area contributed by atoms with Gasteiger partial charge in [0.05, 0.1) is 22.3 Å². The third-order valence-corrected chi connectivity index (χ3v) is 16.9. The van der Waals surface area contributed by atoms with Gasteiger partial charge in [0, 0.05) is 11.1 Å². The highest BCUT2D eigenvalue weighted by Crippen LogP contribution is 2.60. The highest BCUT2D eigenvalue weighted by atomic mass is 19.2. The van der Waals surface area contributed by atoms with Crippen LogP contribution in [0.25, 0.3) is 145 Å². The van der Waals surface area contributed by atoms with E-state index in [2.05, 4.69) is 0 Å². The quantitative estimate of drug-likeness (QED) is 0.0797. The molecule has 0 bridgehead atoms. The Bertz CT molecular complexity index is 4450. The van der Waals surface area contributed by atoms with Crippen molar-refractivity contribution >= 4 is 0 Å². The first kappa shape index (κ1) is 58.2. The fraction of sp³-hybridized carbons (Fsp3) is 0. The third kappa shape index (κ3) is 10.1. The molecule has 442 valence electrons. The molecule has 0 unspecified atom stereocenters. The molecule has 0 saturated carbocycles. The minimum Gasteiger partial charge on any atom is -0.203 e. The topological polar surface area (TPSA) is 0 Å². The van der Waals surface area contributed by atoms with Crippen LogP contribution in [0, 0.1) is 46.5 Å². The fourth-order valence-electron chi connectivity index (χ4n) is 13.1. The van der Waals surface area contributed by atoms with Gasteiger partial charge in [0.25, 0.3) is 0 Å². The van der Waals surface area contributed by atoms with Crippen molar-refractivity contribution in [2.24, 2.45) is 0 Å². The second-order valence-corrected chi connectivity index (χ2v) is 22.2. The maximum atomic E-state index is 18.6. The van der Waals surface area contributed by atoms with Crippen LogP contribution < -0.4 is 0 Å². The van der Waals surface area contributed by atoms with Crippen molar-refractivity contribution in [3.8, 4) is 145 Å². The molecule has 0 aliphatic carbocycles. The summed E-state index contributed by atoms with van der Waals surface area (Å²) in [6.07, 6.45) is 0. The molecule has 0 saturated heterocycles. The second kappa shape index (κ2) is 24.8. The lowest BCUT2D eigenvalue weighted by atomic mass is 9.73. The maximum Gasteiger partial charge on any atom is 0.170 e. The van der Waals surface area contributed by atoms with Crippen LogP contribution in [0.5, 0.6) is 0 Å². The zero-order valence-corrected chi connectivity index (χ0v) is 48.9. The Morgan fingerprint density at radius 3 is 0.293 bits per heavy atom. The maximum absolute atomic E-state index is 18.6. The van der Waals surface area contributed by atoms with Gasteiger partial charge in [-0.1, -0.05) is 303 Å². The molecule has 92 heavy (non-hydrogen) atoms. The van der Waals surface area contributed by atoms with E-state index in [4.69, 9.17) is 0 Å². The largest absolute Gasteiger partial charge is 0.203 e. The summed E-state index contributed by atoms with van der Waals surface area (Å²) in [7, 11) is 0. The summed E-state index contributed by atoms with van der Waals surface area (Å²) in [6, 6.07) is 89.2. The van der Waals surface area contributed by atoms with Gasteiger partial charge in [0.15, 0.2) is 46.5 Å². The molecule has 14 rings (SSSR count). The molecule has 0 aromatic heterocycles. The van der Waals surface area contributed by atoms with E-state index in [1.165, 1.54) is 0 Å². The van der Waals surface area contributed by atoms with Gasteiger partial charge < -0.3 is 0 Å². The van der Waals surface area contributed by atoms with Crippen LogP contribution in [0.3, 0.4) is 0 Å². The van der Waals surface area contributed by atoms with Crippen molar-refractivity contribution < 1.29 is 35.1 Å². The molecular formula is C84H50F8. The molecule has 0 aliphatic heterocycles. The Kier molecular flexibility index (Phi) is 15.7. The van der Waals surface area contributed by atoms with E-state index in [-0.39, 0.29) is 33.4 Å². The van der Waals surface area contributed by atoms with Crippen molar-refractivity contribution in [2.45, 2.75) is 0 Å². The van der Waals surface area contributed by atoms with E-state index < -0.39 is 68.8 Å². The summed E-state index contributed by atoms with van der Waals surface area (Å²) in [6.45, 7) is 0. The van der Waals surface area contributed by atoms with E-state index >= 15 is 35.1 Å². The van der Waals surface area contributed by atoms with Gasteiger partial charge in [0.2, 0.25) is 0 Å². The Morgan fingerprint density at radius 1 is 0.0978 bits per heavy atom. The van der Waals surface area contributed by atoms with E-state index in [0.29, 0.717) is 89.0 Å². The molecule has 0 amide bonds. The van der Waals surface area contributed by atoms with Gasteiger partial charge >= 0.3 is 0 Å². The normalized spacial score (nSPS) is 11.3. The molecule has 0 nitrogen and oxygen atoms in total. The molecule has 0 spiro atoms. The molecule has 0 atom stereocenters. The van der Waals surface area contributed by atoms with Crippen LogP contribution in [0.2, 0.25) is 0 Å². The Morgan fingerprint density at radius 2 is 0.185 bits per heavy atom. The molecular weight excluding hydrogens is 1160 g/mol. The Balaban J connectivity index is 1.12. The first-order valence-electron chi connectivity index (χ1n) is 29.9. The highest BCUT2D eigenvalue weighted by Gasteiger charge is 2.40. The number of hydrogen-bond acceptors (Lipinski definition) is 0. The fourth-order valence-corrected chi connectivity index (χ4v) is 13.1. The summed E-state index contributed by atoms with van der Waals surface area (Å²) < 4.78 is 148. The van der Waals surface area contributed by atoms with Crippen molar-refractivity contribution in [3.05, 3.63) is 350 Å². The average molecular weight is 1210 g/mol. The van der Waals surface area contributed by atoms with Crippen molar-refractivity contribution in [1.29, 1.82) is 0 Å². The van der Waals surface area contributed by atoms with Crippen LogP contribution in [-0.4, -0.2) is 0 Å². The minimum absolute atomic E-state index is 0.142. The van der Waals surface area contributed by atoms with Gasteiger partial charge in [-0.3, -0.25) is 0 Å². The van der Waals surface area contributed by atoms with E-state index in [9.17, 15) is 0 Å². The lowest BCUT2D eigenvalue weighted by Gasteiger charge is -2.29. The number of hydrogen-bond donors (Lipinski definition) is 0. The zero-order valence-electron chi connectivity index (χ0n) is 48.9. The summed E-state index contributed by atoms with van der Waals surface area (Å²) in [5.74, 6) is -17.6. The van der Waals surface area contributed by atoms with Gasteiger partial charge in [-0.15, -0.1) is 0 Å². The van der Waals surface area contributed by atoms with Gasteiger partial charge in [0.1, 0.15) is 0 Å². The summed E-state index contributed by atoms with van der Waals surface area (Å²) in [4.78, 5) is 0. The highest BCUT2D eigenvalue weighted by molar-refractivity contribution is 6.17. The van der Waals surface area contributed by atoms with E-state index in [0.717, 1.165) is 0 Å². The summed E-state index contributed by atoms with van der Waals surface area (Å²) in [5.41, 5.74) is 1.45. The number of benzene rings is 14. The van der Waals surface area contributed by atoms with Gasteiger partial charge in [-0.2, -0.15) is 0 Å². The Hall–Kier alpha value is -11.5. The Labute approximate surface area is 526 Å². The first-order valence-corrected chi connectivity index (χ1v) is 29.9. The lowest BCUT2D eigenvalue weighted by molar-refractivity contribution is 0.446. The van der Waals surface area contributed by atoms with Crippen LogP contribution in [0.4, 0.5) is 35.1 Å². The van der Waals surface area contributed by atoms with Crippen LogP contribution >= 0.6 is 0 Å². The minimum atomic E-state index is -2.31. The SMILES string of the molecule is Fc1c(F)c(-c2c(-c3ccccc3)c(-c3ccccc3)c(-c3ccccc3)c(-c3ccccc3)c2-c2ccccc2)c(F)c(F)c1-c1c(F)c(F)c(-c2c(-c3ccccc3)c(-c3ccccc3)c(-c3ccccc3)c(-c3ccccc3)c2-c2ccccc2)c(F)c1F. The smallest absolute Gasteiger partial charge is 0.170 e. The van der Waals surface area contributed by atoms with Crippen molar-refractivity contribution in [2.75, 3.05) is 0 Å². The number of rotatable bonds is 13. The summed E-state index contributed by atoms with van der Waals surface area (Å²) in [5, 5.41) is 0. The monoisotopic (exact) mass is 1210 g/mol. The predicted molar refractivity (Wildman–Crippen MR) is 357 cm³/mol. The average Bonchev–Trinajstić information content (AvgIpc) is 0.714. The lowest BCUT2D eigenvalue weighted by Crippen LogP contribution is -2.11. The predicted octanol–water partition coefficient (Wildman–Crippen LogP) is 24.5. The third-order valence-electron chi connectivity index (χ3n) is 16.9. The van der Waals surface area contributed by atoms with Gasteiger partial charge in [-0.25, -0.2) is 35.1 Å². The summed E-state index contributed by atoms with van der Waals surface area (Å²) >= 11 is 0. The van der Waals surface area contributed by atoms with Crippen LogP contribution in [-0.2, 0) is 0 Å². The molecule has 0 aliphatic rings. The van der Waals surface area contributed by atoms with Gasteiger partial charge in [-0.05, 0) is 111 Å². The van der Waals surface area contributed by atoms with Crippen molar-refractivity contribution in [3.63, 3.8) is 0 Å². The number of halogens is 8. The molecule has 14 aromatic carbocycles. The zero-order chi connectivity index (χ0) is 63.0. The molecule has 0 fully saturated rings. The molecule has 0 radical (unpaired) electrons. The standard InChI is InChI=1S/C84H50F8/c85-77-73(71-67(57-43-23-7-24-44-57)63(53-35-15-3-16-36-53)61(51-31-11-1-12-32-51)64(54-37-17-4-18-38-54)68(71)58-45-25-8-26-46-58)78(86)82(90)75(81(77)89)76-83(91)79(87)74(80(88)84(76)92)72-69(59-47-27-9-28-48-59)65(55-39-19-5-20-40-55)62(52-33-13-2-14-34-52)66(56-41-21-6-22-42-56)70(72)60-49-29-10-30-50-60/h1-50H.